The molecule has 0 aliphatic heterocycles. The summed E-state index contributed by atoms with van der Waals surface area (Å²) in [6, 6.07) is 11.9. The first-order valence-corrected chi connectivity index (χ1v) is 8.86. The average Bonchev–Trinajstić information content (AvgIpc) is 3.08. The Morgan fingerprint density at radius 3 is 2.62 bits per heavy atom. The summed E-state index contributed by atoms with van der Waals surface area (Å²) in [4.78, 5) is 15.5. The number of nitrogens with zero attached hydrogens (tertiary/aromatic N) is 3. The second-order valence-electron chi connectivity index (χ2n) is 6.18. The number of halogens is 3. The molecule has 150 valence electrons. The Bertz CT molecular complexity index is 1050. The van der Waals surface area contributed by atoms with Crippen LogP contribution >= 0.6 is 12.2 Å². The molecule has 10 heteroatoms. The highest BCUT2D eigenvalue weighted by atomic mass is 32.1. The first-order chi connectivity index (χ1) is 13.7. The molecule has 0 spiro atoms. The lowest BCUT2D eigenvalue weighted by molar-refractivity contribution is -0.137. The average molecular weight is 419 g/mol. The van der Waals surface area contributed by atoms with Gasteiger partial charge in [-0.05, 0) is 49.0 Å². The van der Waals surface area contributed by atoms with Crippen molar-refractivity contribution in [3.63, 3.8) is 0 Å². The Morgan fingerprint density at radius 2 is 1.90 bits per heavy atom. The minimum atomic E-state index is -4.40. The summed E-state index contributed by atoms with van der Waals surface area (Å²) in [6.45, 7) is 1.59. The fraction of sp³-hybridized carbons (Fsp3) is 0.158. The van der Waals surface area contributed by atoms with Crippen molar-refractivity contribution in [3.05, 3.63) is 71.5 Å². The zero-order chi connectivity index (χ0) is 21.0. The van der Waals surface area contributed by atoms with Crippen LogP contribution in [0.15, 0.2) is 54.9 Å². The van der Waals surface area contributed by atoms with Gasteiger partial charge in [0.05, 0.1) is 12.1 Å². The van der Waals surface area contributed by atoms with Gasteiger partial charge in [-0.15, -0.1) is 5.10 Å². The number of ketones is 1. The first-order valence-electron chi connectivity index (χ1n) is 8.45. The molecule has 0 bridgehead atoms. The van der Waals surface area contributed by atoms with E-state index in [0.717, 1.165) is 12.1 Å². The second kappa shape index (κ2) is 8.39. The van der Waals surface area contributed by atoms with Gasteiger partial charge in [-0.3, -0.25) is 10.1 Å². The maximum absolute atomic E-state index is 12.8. The van der Waals surface area contributed by atoms with Crippen LogP contribution in [-0.2, 0) is 12.7 Å². The fourth-order valence-corrected chi connectivity index (χ4v) is 2.75. The number of aromatic nitrogens is 3. The van der Waals surface area contributed by atoms with E-state index in [1.54, 1.807) is 30.3 Å². The quantitative estimate of drug-likeness (QED) is 0.473. The van der Waals surface area contributed by atoms with Gasteiger partial charge >= 0.3 is 6.18 Å². The summed E-state index contributed by atoms with van der Waals surface area (Å²) in [5, 5.41) is 10.1. The molecule has 0 radical (unpaired) electrons. The fourth-order valence-electron chi connectivity index (χ4n) is 2.54. The highest BCUT2D eigenvalue weighted by Gasteiger charge is 2.30. The van der Waals surface area contributed by atoms with E-state index in [9.17, 15) is 18.0 Å². The van der Waals surface area contributed by atoms with E-state index in [0.29, 0.717) is 16.8 Å². The third kappa shape index (κ3) is 5.61. The number of thiocarbonyl (C=S) groups is 1. The Kier molecular flexibility index (Phi) is 5.92. The molecule has 0 saturated carbocycles. The van der Waals surface area contributed by atoms with Gasteiger partial charge in [-0.25, -0.2) is 9.67 Å². The van der Waals surface area contributed by atoms with Gasteiger partial charge in [0.15, 0.2) is 10.9 Å². The molecular weight excluding hydrogens is 403 g/mol. The number of alkyl halides is 3. The van der Waals surface area contributed by atoms with Crippen LogP contribution in [0.2, 0.25) is 0 Å². The van der Waals surface area contributed by atoms with E-state index in [1.807, 2.05) is 0 Å². The number of anilines is 2. The minimum Gasteiger partial charge on any atom is -0.332 e. The largest absolute Gasteiger partial charge is 0.416 e. The van der Waals surface area contributed by atoms with Crippen LogP contribution in [0, 0.1) is 0 Å². The van der Waals surface area contributed by atoms with Crippen molar-refractivity contribution < 1.29 is 18.0 Å². The third-order valence-corrected chi connectivity index (χ3v) is 4.09. The van der Waals surface area contributed by atoms with Crippen LogP contribution in [0.5, 0.6) is 0 Å². The van der Waals surface area contributed by atoms with Crippen molar-refractivity contribution >= 4 is 34.7 Å². The maximum Gasteiger partial charge on any atom is 0.416 e. The number of hydrogen-bond acceptors (Lipinski definition) is 4. The summed E-state index contributed by atoms with van der Waals surface area (Å²) in [7, 11) is 0. The van der Waals surface area contributed by atoms with Crippen molar-refractivity contribution in [1.82, 2.24) is 14.8 Å². The second-order valence-corrected chi connectivity index (χ2v) is 6.59. The summed E-state index contributed by atoms with van der Waals surface area (Å²) < 4.78 is 39.9. The molecule has 1 aromatic heterocycles. The van der Waals surface area contributed by atoms with E-state index in [4.69, 9.17) is 12.2 Å². The van der Waals surface area contributed by atoms with E-state index < -0.39 is 11.7 Å². The number of carbonyl (C=O) groups excluding carboxylic acids is 1. The predicted molar refractivity (Wildman–Crippen MR) is 107 cm³/mol. The molecule has 2 aromatic carbocycles. The Morgan fingerprint density at radius 1 is 1.14 bits per heavy atom. The molecule has 3 aromatic rings. The summed E-state index contributed by atoms with van der Waals surface area (Å²) >= 11 is 5.20. The molecular formula is C19H16F3N5OS. The predicted octanol–water partition coefficient (Wildman–Crippen LogP) is 4.36. The van der Waals surface area contributed by atoms with E-state index in [2.05, 4.69) is 20.7 Å². The van der Waals surface area contributed by atoms with E-state index in [1.165, 1.54) is 24.0 Å². The van der Waals surface area contributed by atoms with Gasteiger partial charge in [-0.1, -0.05) is 24.3 Å². The minimum absolute atomic E-state index is 0.0671. The molecule has 0 atom stereocenters. The van der Waals surface area contributed by atoms with Crippen LogP contribution in [0.25, 0.3) is 0 Å². The molecule has 0 unspecified atom stereocenters. The number of carbonyl (C=O) groups is 1. The van der Waals surface area contributed by atoms with E-state index >= 15 is 0 Å². The lowest BCUT2D eigenvalue weighted by Crippen LogP contribution is -2.20. The lowest BCUT2D eigenvalue weighted by atomic mass is 10.1. The number of Topliss-reactive ketones (excluding diaryl/α,β-unsaturated/α-hetero) is 1. The zero-order valence-electron chi connectivity index (χ0n) is 15.2. The molecule has 1 heterocycles. The van der Waals surface area contributed by atoms with Crippen LogP contribution in [-0.4, -0.2) is 25.7 Å². The Hall–Kier alpha value is -3.27. The van der Waals surface area contributed by atoms with Crippen molar-refractivity contribution in [2.24, 2.45) is 0 Å². The van der Waals surface area contributed by atoms with Gasteiger partial charge in [0.25, 0.3) is 0 Å². The van der Waals surface area contributed by atoms with Gasteiger partial charge in [0.1, 0.15) is 6.33 Å². The number of nitrogens with one attached hydrogen (secondary N) is 2. The molecule has 0 aliphatic rings. The molecule has 2 N–H and O–H groups in total. The molecule has 0 aliphatic carbocycles. The lowest BCUT2D eigenvalue weighted by Gasteiger charge is -2.09. The topological polar surface area (TPSA) is 71.8 Å². The van der Waals surface area contributed by atoms with Crippen molar-refractivity contribution in [2.75, 3.05) is 10.6 Å². The highest BCUT2D eigenvalue weighted by Crippen LogP contribution is 2.29. The highest BCUT2D eigenvalue weighted by molar-refractivity contribution is 7.80. The van der Waals surface area contributed by atoms with Gasteiger partial charge < -0.3 is 5.32 Å². The molecule has 0 amide bonds. The van der Waals surface area contributed by atoms with Crippen molar-refractivity contribution in [3.8, 4) is 0 Å². The molecule has 3 rings (SSSR count). The van der Waals surface area contributed by atoms with Crippen molar-refractivity contribution in [1.29, 1.82) is 0 Å². The summed E-state index contributed by atoms with van der Waals surface area (Å²) in [5.41, 5.74) is 0.893. The molecule has 6 nitrogen and oxygen atoms in total. The molecule has 0 fully saturated rings. The van der Waals surface area contributed by atoms with Gasteiger partial charge in [-0.2, -0.15) is 13.2 Å². The van der Waals surface area contributed by atoms with Gasteiger partial charge in [0, 0.05) is 11.3 Å². The van der Waals surface area contributed by atoms with Gasteiger partial charge in [0.2, 0.25) is 5.95 Å². The molecule has 29 heavy (non-hydrogen) atoms. The maximum atomic E-state index is 12.8. The van der Waals surface area contributed by atoms with E-state index in [-0.39, 0.29) is 23.4 Å². The normalized spacial score (nSPS) is 11.2. The summed E-state index contributed by atoms with van der Waals surface area (Å²) in [5.74, 6) is 0.125. The Labute approximate surface area is 169 Å². The summed E-state index contributed by atoms with van der Waals surface area (Å²) in [6.07, 6.45) is -3.01. The number of hydrogen-bond donors (Lipinski definition) is 2. The smallest absolute Gasteiger partial charge is 0.332 e. The zero-order valence-corrected chi connectivity index (χ0v) is 16.0. The van der Waals surface area contributed by atoms with Crippen LogP contribution in [0.3, 0.4) is 0 Å². The Balaban J connectivity index is 1.62. The number of rotatable bonds is 5. The third-order valence-electron chi connectivity index (χ3n) is 3.89. The van der Waals surface area contributed by atoms with Crippen LogP contribution in [0.1, 0.15) is 28.4 Å². The number of benzene rings is 2. The SMILES string of the molecule is CC(=O)c1cccc(NC(=S)Nc2ncn(Cc3cccc(C(F)(F)F)c3)n2)c1. The standard InChI is InChI=1S/C19H16F3N5OS/c1-12(28)14-5-3-7-16(9-14)24-18(29)25-17-23-11-27(26-17)10-13-4-2-6-15(8-13)19(20,21)22/h2-9,11H,10H2,1H3,(H2,24,25,26,29). The molecule has 0 saturated heterocycles. The first kappa shape index (κ1) is 20.5. The van der Waals surface area contributed by atoms with Crippen LogP contribution in [0.4, 0.5) is 24.8 Å². The van der Waals surface area contributed by atoms with Crippen LogP contribution < -0.4 is 10.6 Å². The van der Waals surface area contributed by atoms with Crippen molar-refractivity contribution in [2.45, 2.75) is 19.6 Å². The monoisotopic (exact) mass is 419 g/mol.